The fraction of sp³-hybridized carbons (Fsp3) is 0.818. The summed E-state index contributed by atoms with van der Waals surface area (Å²) >= 11 is 0. The highest BCUT2D eigenvalue weighted by atomic mass is 16.4. The van der Waals surface area contributed by atoms with Crippen molar-refractivity contribution < 1.29 is 19.8 Å². The molecule has 0 aromatic heterocycles. The first kappa shape index (κ1) is 13.9. The zero-order valence-electron chi connectivity index (χ0n) is 9.40. The van der Waals surface area contributed by atoms with Crippen molar-refractivity contribution >= 4 is 11.9 Å². The van der Waals surface area contributed by atoms with E-state index in [1.165, 1.54) is 0 Å². The molecule has 0 aliphatic rings. The Morgan fingerprint density at radius 1 is 0.933 bits per heavy atom. The van der Waals surface area contributed by atoms with Crippen LogP contribution in [-0.4, -0.2) is 22.2 Å². The van der Waals surface area contributed by atoms with Gasteiger partial charge in [0.05, 0.1) is 11.8 Å². The summed E-state index contributed by atoms with van der Waals surface area (Å²) in [5, 5.41) is 17.9. The van der Waals surface area contributed by atoms with Crippen molar-refractivity contribution in [3.8, 4) is 0 Å². The molecule has 4 nitrogen and oxygen atoms in total. The zero-order valence-corrected chi connectivity index (χ0v) is 9.40. The van der Waals surface area contributed by atoms with E-state index in [9.17, 15) is 9.59 Å². The molecule has 0 aliphatic carbocycles. The predicted molar refractivity (Wildman–Crippen MR) is 56.7 cm³/mol. The van der Waals surface area contributed by atoms with Crippen LogP contribution in [0.2, 0.25) is 0 Å². The highest BCUT2D eigenvalue weighted by Gasteiger charge is 2.32. The van der Waals surface area contributed by atoms with Gasteiger partial charge in [-0.15, -0.1) is 0 Å². The van der Waals surface area contributed by atoms with E-state index in [1.807, 2.05) is 13.8 Å². The summed E-state index contributed by atoms with van der Waals surface area (Å²) < 4.78 is 0. The van der Waals surface area contributed by atoms with Crippen molar-refractivity contribution in [2.75, 3.05) is 0 Å². The summed E-state index contributed by atoms with van der Waals surface area (Å²) in [6.45, 7) is 3.84. The van der Waals surface area contributed by atoms with Gasteiger partial charge in [-0.05, 0) is 12.8 Å². The number of hydrogen-bond acceptors (Lipinski definition) is 2. The third-order valence-corrected chi connectivity index (χ3v) is 2.59. The van der Waals surface area contributed by atoms with Crippen LogP contribution in [0.25, 0.3) is 0 Å². The van der Waals surface area contributed by atoms with Crippen LogP contribution in [0.1, 0.15) is 46.0 Å². The van der Waals surface area contributed by atoms with Crippen molar-refractivity contribution in [1.82, 2.24) is 0 Å². The Balaban J connectivity index is 4.52. The summed E-state index contributed by atoms with van der Waals surface area (Å²) in [6.07, 6.45) is 3.26. The molecule has 0 heterocycles. The molecule has 2 N–H and O–H groups in total. The zero-order chi connectivity index (χ0) is 11.8. The van der Waals surface area contributed by atoms with Crippen molar-refractivity contribution in [2.45, 2.75) is 46.0 Å². The number of aliphatic carboxylic acids is 2. The van der Waals surface area contributed by atoms with Crippen LogP contribution in [0.4, 0.5) is 0 Å². The van der Waals surface area contributed by atoms with Crippen molar-refractivity contribution in [3.05, 3.63) is 0 Å². The molecule has 0 saturated carbocycles. The first-order valence-electron chi connectivity index (χ1n) is 5.50. The van der Waals surface area contributed by atoms with E-state index in [4.69, 9.17) is 10.2 Å². The van der Waals surface area contributed by atoms with E-state index in [0.29, 0.717) is 19.3 Å². The van der Waals surface area contributed by atoms with Gasteiger partial charge in [0, 0.05) is 0 Å². The van der Waals surface area contributed by atoms with Crippen LogP contribution in [0.3, 0.4) is 0 Å². The molecule has 0 saturated heterocycles. The smallest absolute Gasteiger partial charge is 0.307 e. The average Bonchev–Trinajstić information content (AvgIpc) is 2.16. The van der Waals surface area contributed by atoms with Gasteiger partial charge in [-0.3, -0.25) is 9.59 Å². The largest absolute Gasteiger partial charge is 0.481 e. The number of rotatable bonds is 8. The second-order valence-electron chi connectivity index (χ2n) is 3.82. The Morgan fingerprint density at radius 3 is 1.73 bits per heavy atom. The van der Waals surface area contributed by atoms with E-state index < -0.39 is 23.8 Å². The topological polar surface area (TPSA) is 74.6 Å². The maximum atomic E-state index is 11.0. The van der Waals surface area contributed by atoms with Gasteiger partial charge in [-0.25, -0.2) is 0 Å². The first-order chi connectivity index (χ1) is 7.04. The molecule has 2 unspecified atom stereocenters. The highest BCUT2D eigenvalue weighted by Crippen LogP contribution is 2.23. The Morgan fingerprint density at radius 2 is 1.40 bits per heavy atom. The number of hydrogen-bond donors (Lipinski definition) is 2. The SMILES string of the molecule is CCCCC(C(=O)O)C(CCC)C(=O)O. The Kier molecular flexibility index (Phi) is 6.75. The molecule has 0 aliphatic heterocycles. The van der Waals surface area contributed by atoms with Crippen molar-refractivity contribution in [2.24, 2.45) is 11.8 Å². The number of carboxylic acids is 2. The molecule has 0 aromatic rings. The summed E-state index contributed by atoms with van der Waals surface area (Å²) in [6, 6.07) is 0. The molecule has 0 radical (unpaired) electrons. The number of carboxylic acid groups (broad SMARTS) is 2. The van der Waals surface area contributed by atoms with Gasteiger partial charge < -0.3 is 10.2 Å². The molecule has 0 aromatic carbocycles. The lowest BCUT2D eigenvalue weighted by atomic mass is 9.85. The van der Waals surface area contributed by atoms with E-state index in [2.05, 4.69) is 0 Å². The fourth-order valence-electron chi connectivity index (χ4n) is 1.73. The van der Waals surface area contributed by atoms with E-state index in [0.717, 1.165) is 12.8 Å². The third-order valence-electron chi connectivity index (χ3n) is 2.59. The fourth-order valence-corrected chi connectivity index (χ4v) is 1.73. The van der Waals surface area contributed by atoms with Crippen LogP contribution in [0.15, 0.2) is 0 Å². The quantitative estimate of drug-likeness (QED) is 0.653. The minimum absolute atomic E-state index is 0.440. The summed E-state index contributed by atoms with van der Waals surface area (Å²) in [4.78, 5) is 21.9. The maximum Gasteiger partial charge on any atom is 0.307 e. The molecular weight excluding hydrogens is 196 g/mol. The Hall–Kier alpha value is -1.06. The second-order valence-corrected chi connectivity index (χ2v) is 3.82. The van der Waals surface area contributed by atoms with Crippen LogP contribution >= 0.6 is 0 Å². The van der Waals surface area contributed by atoms with Crippen LogP contribution in [0, 0.1) is 11.8 Å². The summed E-state index contributed by atoms with van der Waals surface area (Å²) in [7, 11) is 0. The second kappa shape index (κ2) is 7.26. The lowest BCUT2D eigenvalue weighted by Crippen LogP contribution is -2.29. The standard InChI is InChI=1S/C11H20O4/c1-3-5-7-9(11(14)15)8(6-4-2)10(12)13/h8-9H,3-7H2,1-2H3,(H,12,13)(H,14,15). The van der Waals surface area contributed by atoms with Crippen LogP contribution in [-0.2, 0) is 9.59 Å². The Labute approximate surface area is 90.3 Å². The van der Waals surface area contributed by atoms with Crippen LogP contribution < -0.4 is 0 Å². The van der Waals surface area contributed by atoms with E-state index >= 15 is 0 Å². The lowest BCUT2D eigenvalue weighted by molar-refractivity contribution is -0.154. The minimum atomic E-state index is -0.986. The molecule has 0 rings (SSSR count). The minimum Gasteiger partial charge on any atom is -0.481 e. The van der Waals surface area contributed by atoms with Gasteiger partial charge in [0.15, 0.2) is 0 Å². The maximum absolute atomic E-state index is 11.0. The summed E-state index contributed by atoms with van der Waals surface area (Å²) in [5.41, 5.74) is 0. The molecule has 0 bridgehead atoms. The Bertz CT molecular complexity index is 213. The van der Waals surface area contributed by atoms with Crippen molar-refractivity contribution in [1.29, 1.82) is 0 Å². The normalized spacial score (nSPS) is 14.5. The number of carbonyl (C=O) groups is 2. The number of unbranched alkanes of at least 4 members (excludes halogenated alkanes) is 1. The first-order valence-corrected chi connectivity index (χ1v) is 5.50. The third kappa shape index (κ3) is 4.81. The molecule has 4 heteroatoms. The van der Waals surface area contributed by atoms with Gasteiger partial charge in [-0.1, -0.05) is 33.1 Å². The molecule has 2 atom stereocenters. The molecule has 0 spiro atoms. The average molecular weight is 216 g/mol. The van der Waals surface area contributed by atoms with Gasteiger partial charge in [-0.2, -0.15) is 0 Å². The predicted octanol–water partition coefficient (Wildman–Crippen LogP) is 2.38. The monoisotopic (exact) mass is 216 g/mol. The van der Waals surface area contributed by atoms with Gasteiger partial charge in [0.1, 0.15) is 0 Å². The lowest BCUT2D eigenvalue weighted by Gasteiger charge is -2.19. The van der Waals surface area contributed by atoms with Gasteiger partial charge in [0.2, 0.25) is 0 Å². The molecule has 0 fully saturated rings. The van der Waals surface area contributed by atoms with E-state index in [1.54, 1.807) is 0 Å². The van der Waals surface area contributed by atoms with Gasteiger partial charge >= 0.3 is 11.9 Å². The molecule has 88 valence electrons. The highest BCUT2D eigenvalue weighted by molar-refractivity contribution is 5.79. The molecular formula is C11H20O4. The molecule has 15 heavy (non-hydrogen) atoms. The van der Waals surface area contributed by atoms with Crippen LogP contribution in [0.5, 0.6) is 0 Å². The van der Waals surface area contributed by atoms with Crippen molar-refractivity contribution in [3.63, 3.8) is 0 Å². The summed E-state index contributed by atoms with van der Waals surface area (Å²) in [5.74, 6) is -3.44. The van der Waals surface area contributed by atoms with Gasteiger partial charge in [0.25, 0.3) is 0 Å². The molecule has 0 amide bonds. The van der Waals surface area contributed by atoms with E-state index in [-0.39, 0.29) is 0 Å².